The Bertz CT molecular complexity index is 1160. The summed E-state index contributed by atoms with van der Waals surface area (Å²) in [5.74, 6) is -1.32. The number of aromatic nitrogens is 2. The average molecular weight is 443 g/mol. The Morgan fingerprint density at radius 3 is 2.48 bits per heavy atom. The first-order chi connectivity index (χ1) is 14.9. The highest BCUT2D eigenvalue weighted by atomic mass is 32.2. The van der Waals surface area contributed by atoms with Gasteiger partial charge in [0.1, 0.15) is 10.7 Å². The van der Waals surface area contributed by atoms with E-state index in [2.05, 4.69) is 10.4 Å². The summed E-state index contributed by atoms with van der Waals surface area (Å²) in [5, 5.41) is 6.92. The zero-order valence-electron chi connectivity index (χ0n) is 16.9. The van der Waals surface area contributed by atoms with E-state index in [1.54, 1.807) is 10.9 Å². The van der Waals surface area contributed by atoms with Crippen LogP contribution in [0.2, 0.25) is 0 Å². The van der Waals surface area contributed by atoms with Crippen LogP contribution in [0.1, 0.15) is 35.2 Å². The first-order valence-electron chi connectivity index (χ1n) is 10.1. The van der Waals surface area contributed by atoms with E-state index in [0.29, 0.717) is 13.1 Å². The van der Waals surface area contributed by atoms with Crippen molar-refractivity contribution in [2.24, 2.45) is 0 Å². The van der Waals surface area contributed by atoms with Gasteiger partial charge in [-0.2, -0.15) is 9.40 Å². The molecule has 2 heterocycles. The number of hydrogen-bond donors (Lipinski definition) is 1. The summed E-state index contributed by atoms with van der Waals surface area (Å²) < 4.78 is 43.0. The van der Waals surface area contributed by atoms with E-state index in [1.165, 1.54) is 10.4 Å². The van der Waals surface area contributed by atoms with Crippen molar-refractivity contribution in [2.45, 2.75) is 30.7 Å². The van der Waals surface area contributed by atoms with Gasteiger partial charge in [-0.3, -0.25) is 4.79 Å². The molecule has 0 aliphatic carbocycles. The number of rotatable bonds is 6. The fourth-order valence-electron chi connectivity index (χ4n) is 3.56. The molecule has 1 N–H and O–H groups in total. The Balaban J connectivity index is 1.46. The number of piperidine rings is 1. The molecule has 1 saturated heterocycles. The van der Waals surface area contributed by atoms with Crippen molar-refractivity contribution >= 4 is 15.9 Å². The van der Waals surface area contributed by atoms with Gasteiger partial charge in [0.25, 0.3) is 5.91 Å². The van der Waals surface area contributed by atoms with E-state index in [-0.39, 0.29) is 12.1 Å². The van der Waals surface area contributed by atoms with Crippen molar-refractivity contribution in [1.29, 1.82) is 0 Å². The molecule has 162 valence electrons. The van der Waals surface area contributed by atoms with Gasteiger partial charge in [-0.1, -0.05) is 18.6 Å². The maximum absolute atomic E-state index is 14.3. The number of amides is 1. The minimum Gasteiger partial charge on any atom is -0.348 e. The van der Waals surface area contributed by atoms with Gasteiger partial charge in [0, 0.05) is 37.6 Å². The molecule has 0 bridgehead atoms. The molecule has 9 heteroatoms. The normalized spacial score (nSPS) is 15.0. The number of sulfonamides is 1. The SMILES string of the molecule is O=C(NCc1ccc(-n2cccn2)cc1)c1ccc(F)c(S(=O)(=O)N2CCCCC2)c1. The Hall–Kier alpha value is -3.04. The third-order valence-corrected chi connectivity index (χ3v) is 7.20. The van der Waals surface area contributed by atoms with Crippen molar-refractivity contribution in [3.8, 4) is 5.69 Å². The third-order valence-electron chi connectivity index (χ3n) is 5.28. The van der Waals surface area contributed by atoms with Gasteiger partial charge in [-0.25, -0.2) is 17.5 Å². The highest BCUT2D eigenvalue weighted by Crippen LogP contribution is 2.24. The Labute approximate surface area is 180 Å². The quantitative estimate of drug-likeness (QED) is 0.636. The summed E-state index contributed by atoms with van der Waals surface area (Å²) in [7, 11) is -3.97. The molecule has 0 radical (unpaired) electrons. The Morgan fingerprint density at radius 1 is 1.06 bits per heavy atom. The molecular weight excluding hydrogens is 419 g/mol. The molecular formula is C22H23FN4O3S. The summed E-state index contributed by atoms with van der Waals surface area (Å²) >= 11 is 0. The molecule has 3 aromatic rings. The fraction of sp³-hybridized carbons (Fsp3) is 0.273. The topological polar surface area (TPSA) is 84.3 Å². The summed E-state index contributed by atoms with van der Waals surface area (Å²) in [6, 6.07) is 12.8. The number of halogens is 1. The fourth-order valence-corrected chi connectivity index (χ4v) is 5.17. The van der Waals surface area contributed by atoms with Gasteiger partial charge >= 0.3 is 0 Å². The number of hydrogen-bond acceptors (Lipinski definition) is 4. The van der Waals surface area contributed by atoms with Crippen molar-refractivity contribution < 1.29 is 17.6 Å². The summed E-state index contributed by atoms with van der Waals surface area (Å²) in [6.45, 7) is 0.989. The molecule has 2 aromatic carbocycles. The predicted molar refractivity (Wildman–Crippen MR) is 114 cm³/mol. The maximum atomic E-state index is 14.3. The molecule has 1 amide bonds. The van der Waals surface area contributed by atoms with E-state index in [0.717, 1.165) is 42.6 Å². The van der Waals surface area contributed by atoms with Crippen LogP contribution in [0.25, 0.3) is 5.69 Å². The molecule has 1 aliphatic heterocycles. The van der Waals surface area contributed by atoms with Gasteiger partial charge < -0.3 is 5.32 Å². The van der Waals surface area contributed by atoms with Crippen molar-refractivity contribution in [3.05, 3.63) is 77.9 Å². The van der Waals surface area contributed by atoms with E-state index in [9.17, 15) is 17.6 Å². The molecule has 7 nitrogen and oxygen atoms in total. The van der Waals surface area contributed by atoms with Gasteiger partial charge in [0.2, 0.25) is 10.0 Å². The minimum atomic E-state index is -3.97. The second-order valence-corrected chi connectivity index (χ2v) is 9.32. The first-order valence-corrected chi connectivity index (χ1v) is 11.6. The van der Waals surface area contributed by atoms with Crippen LogP contribution in [-0.4, -0.2) is 41.5 Å². The van der Waals surface area contributed by atoms with Gasteiger partial charge in [0.05, 0.1) is 5.69 Å². The second-order valence-electron chi connectivity index (χ2n) is 7.41. The maximum Gasteiger partial charge on any atom is 0.251 e. The van der Waals surface area contributed by atoms with Crippen molar-refractivity contribution in [2.75, 3.05) is 13.1 Å². The van der Waals surface area contributed by atoms with Gasteiger partial charge in [-0.05, 0) is 54.8 Å². The number of nitrogens with one attached hydrogen (secondary N) is 1. The standard InChI is InChI=1S/C22H23FN4O3S/c23-20-10-7-18(15-21(20)31(29,30)26-12-2-1-3-13-26)22(28)24-16-17-5-8-19(9-6-17)27-14-4-11-25-27/h4-11,14-15H,1-3,12-13,16H2,(H,24,28). The molecule has 1 fully saturated rings. The third kappa shape index (κ3) is 4.67. The Kier molecular flexibility index (Phi) is 6.15. The molecule has 31 heavy (non-hydrogen) atoms. The van der Waals surface area contributed by atoms with E-state index in [4.69, 9.17) is 0 Å². The van der Waals surface area contributed by atoms with Crippen LogP contribution < -0.4 is 5.32 Å². The molecule has 0 atom stereocenters. The molecule has 1 aliphatic rings. The largest absolute Gasteiger partial charge is 0.348 e. The van der Waals surface area contributed by atoms with Crippen LogP contribution in [0.15, 0.2) is 65.8 Å². The lowest BCUT2D eigenvalue weighted by Gasteiger charge is -2.26. The minimum absolute atomic E-state index is 0.102. The lowest BCUT2D eigenvalue weighted by molar-refractivity contribution is 0.0950. The number of benzene rings is 2. The van der Waals surface area contributed by atoms with Gasteiger partial charge in [-0.15, -0.1) is 0 Å². The predicted octanol–water partition coefficient (Wildman–Crippen LogP) is 3.12. The first kappa shape index (κ1) is 21.2. The number of carbonyl (C=O) groups is 1. The van der Waals surface area contributed by atoms with E-state index >= 15 is 0 Å². The number of carbonyl (C=O) groups excluding carboxylic acids is 1. The van der Waals surface area contributed by atoms with Crippen LogP contribution in [0.5, 0.6) is 0 Å². The van der Waals surface area contributed by atoms with Crippen LogP contribution in [0.3, 0.4) is 0 Å². The van der Waals surface area contributed by atoms with E-state index in [1.807, 2.05) is 36.5 Å². The molecule has 0 unspecified atom stereocenters. The van der Waals surface area contributed by atoms with E-state index < -0.39 is 26.6 Å². The molecule has 1 aromatic heterocycles. The zero-order valence-corrected chi connectivity index (χ0v) is 17.7. The molecule has 4 rings (SSSR count). The highest BCUT2D eigenvalue weighted by Gasteiger charge is 2.29. The number of nitrogens with zero attached hydrogens (tertiary/aromatic N) is 3. The lowest BCUT2D eigenvalue weighted by atomic mass is 10.1. The van der Waals surface area contributed by atoms with Crippen molar-refractivity contribution in [1.82, 2.24) is 19.4 Å². The Morgan fingerprint density at radius 2 is 1.81 bits per heavy atom. The van der Waals surface area contributed by atoms with Gasteiger partial charge in [0.15, 0.2) is 0 Å². The summed E-state index contributed by atoms with van der Waals surface area (Å²) in [4.78, 5) is 12.1. The molecule has 0 saturated carbocycles. The molecule has 0 spiro atoms. The highest BCUT2D eigenvalue weighted by molar-refractivity contribution is 7.89. The van der Waals surface area contributed by atoms with Crippen molar-refractivity contribution in [3.63, 3.8) is 0 Å². The van der Waals surface area contributed by atoms with Crippen LogP contribution in [0.4, 0.5) is 4.39 Å². The summed E-state index contributed by atoms with van der Waals surface area (Å²) in [6.07, 6.45) is 5.98. The smallest absolute Gasteiger partial charge is 0.251 e. The monoisotopic (exact) mass is 442 g/mol. The van der Waals surface area contributed by atoms with Crippen LogP contribution in [-0.2, 0) is 16.6 Å². The summed E-state index contributed by atoms with van der Waals surface area (Å²) in [5.41, 5.74) is 1.86. The van der Waals surface area contributed by atoms with Crippen LogP contribution >= 0.6 is 0 Å². The second kappa shape index (κ2) is 8.99. The zero-order chi connectivity index (χ0) is 21.8. The van der Waals surface area contributed by atoms with Crippen LogP contribution in [0, 0.1) is 5.82 Å². The lowest BCUT2D eigenvalue weighted by Crippen LogP contribution is -2.36. The average Bonchev–Trinajstić information content (AvgIpc) is 3.33.